The molecule has 184 valence electrons. The molecule has 0 spiro atoms. The number of hydrogen-bond acceptors (Lipinski definition) is 9. The van der Waals surface area contributed by atoms with Crippen LogP contribution < -0.4 is 10.1 Å². The van der Waals surface area contributed by atoms with Gasteiger partial charge in [0.2, 0.25) is 11.8 Å². The molecule has 1 aliphatic rings. The standard InChI is InChI=1S/C27H28N6OS2/c1-17-12-20(14-28)13-18(2)23(17)34-26-24-25(29-16-36-24)31-27(32-26)30-21-8-10-33(11-9-21)15-19-4-6-22(35-3)7-5-19/h4-7,12-13,16,21H,8-11,15H2,1-3H3,(H,30,31,32). The Hall–Kier alpha value is -3.19. The fourth-order valence-electron chi connectivity index (χ4n) is 4.55. The van der Waals surface area contributed by atoms with Crippen molar-refractivity contribution in [1.82, 2.24) is 19.9 Å². The molecule has 1 N–H and O–H groups in total. The first-order chi connectivity index (χ1) is 17.5. The van der Waals surface area contributed by atoms with Gasteiger partial charge >= 0.3 is 0 Å². The summed E-state index contributed by atoms with van der Waals surface area (Å²) in [6.07, 6.45) is 4.14. The van der Waals surface area contributed by atoms with E-state index in [0.717, 1.165) is 48.3 Å². The number of nitrogens with zero attached hydrogens (tertiary/aromatic N) is 5. The highest BCUT2D eigenvalue weighted by molar-refractivity contribution is 7.98. The van der Waals surface area contributed by atoms with Gasteiger partial charge in [0.1, 0.15) is 10.4 Å². The van der Waals surface area contributed by atoms with E-state index in [1.807, 2.05) is 26.0 Å². The van der Waals surface area contributed by atoms with Gasteiger partial charge in [-0.1, -0.05) is 12.1 Å². The molecule has 5 rings (SSSR count). The van der Waals surface area contributed by atoms with Crippen molar-refractivity contribution >= 4 is 39.4 Å². The lowest BCUT2D eigenvalue weighted by molar-refractivity contribution is 0.211. The monoisotopic (exact) mass is 516 g/mol. The van der Waals surface area contributed by atoms with E-state index >= 15 is 0 Å². The quantitative estimate of drug-likeness (QED) is 0.292. The smallest absolute Gasteiger partial charge is 0.243 e. The largest absolute Gasteiger partial charge is 0.437 e. The fraction of sp³-hybridized carbons (Fsp3) is 0.333. The molecule has 1 aliphatic heterocycles. The van der Waals surface area contributed by atoms with Gasteiger partial charge in [-0.15, -0.1) is 23.1 Å². The summed E-state index contributed by atoms with van der Waals surface area (Å²) in [5, 5.41) is 12.8. The molecule has 0 aliphatic carbocycles. The molecule has 0 amide bonds. The van der Waals surface area contributed by atoms with Crippen molar-refractivity contribution in [3.05, 3.63) is 64.2 Å². The zero-order chi connectivity index (χ0) is 25.1. The summed E-state index contributed by atoms with van der Waals surface area (Å²) in [7, 11) is 0. The number of aromatic nitrogens is 3. The van der Waals surface area contributed by atoms with Crippen LogP contribution in [-0.4, -0.2) is 45.2 Å². The van der Waals surface area contributed by atoms with Gasteiger partial charge in [-0.2, -0.15) is 15.2 Å². The van der Waals surface area contributed by atoms with Gasteiger partial charge in [0.05, 0.1) is 17.1 Å². The third-order valence-electron chi connectivity index (χ3n) is 6.44. The number of aryl methyl sites for hydroxylation is 2. The van der Waals surface area contributed by atoms with Gasteiger partial charge in [-0.3, -0.25) is 4.90 Å². The average Bonchev–Trinajstić information content (AvgIpc) is 3.36. The lowest BCUT2D eigenvalue weighted by atomic mass is 10.0. The van der Waals surface area contributed by atoms with E-state index in [2.05, 4.69) is 56.8 Å². The number of fused-ring (bicyclic) bond motifs is 1. The Morgan fingerprint density at radius 3 is 2.53 bits per heavy atom. The van der Waals surface area contributed by atoms with Crippen LogP contribution in [0.2, 0.25) is 0 Å². The van der Waals surface area contributed by atoms with Gasteiger partial charge in [-0.05, 0) is 73.9 Å². The maximum Gasteiger partial charge on any atom is 0.243 e. The van der Waals surface area contributed by atoms with Crippen LogP contribution in [0.15, 0.2) is 46.8 Å². The van der Waals surface area contributed by atoms with E-state index < -0.39 is 0 Å². The highest BCUT2D eigenvalue weighted by Gasteiger charge is 2.22. The molecule has 7 nitrogen and oxygen atoms in total. The summed E-state index contributed by atoms with van der Waals surface area (Å²) in [5.74, 6) is 1.75. The summed E-state index contributed by atoms with van der Waals surface area (Å²) in [6, 6.07) is 15.0. The SMILES string of the molecule is CSc1ccc(CN2CCC(Nc3nc(Oc4c(C)cc(C#N)cc4C)c4scnc4n3)CC2)cc1. The predicted molar refractivity (Wildman–Crippen MR) is 146 cm³/mol. The van der Waals surface area contributed by atoms with Crippen molar-refractivity contribution in [2.75, 3.05) is 24.7 Å². The molecule has 0 bridgehead atoms. The molecule has 2 aromatic carbocycles. The van der Waals surface area contributed by atoms with Crippen LogP contribution in [0.1, 0.15) is 35.1 Å². The highest BCUT2D eigenvalue weighted by Crippen LogP contribution is 2.35. The summed E-state index contributed by atoms with van der Waals surface area (Å²) in [6.45, 7) is 6.91. The number of ether oxygens (including phenoxy) is 1. The van der Waals surface area contributed by atoms with Crippen LogP contribution in [0.5, 0.6) is 11.6 Å². The number of thioether (sulfide) groups is 1. The van der Waals surface area contributed by atoms with E-state index in [0.29, 0.717) is 34.8 Å². The lowest BCUT2D eigenvalue weighted by Crippen LogP contribution is -2.39. The third-order valence-corrected chi connectivity index (χ3v) is 7.98. The summed E-state index contributed by atoms with van der Waals surface area (Å²) in [4.78, 5) is 17.6. The summed E-state index contributed by atoms with van der Waals surface area (Å²) >= 11 is 3.23. The van der Waals surface area contributed by atoms with Crippen molar-refractivity contribution in [2.45, 2.75) is 44.2 Å². The molecule has 0 unspecified atom stereocenters. The Bertz CT molecular complexity index is 1380. The van der Waals surface area contributed by atoms with Crippen LogP contribution in [0.25, 0.3) is 10.3 Å². The number of piperidine rings is 1. The first-order valence-electron chi connectivity index (χ1n) is 11.9. The summed E-state index contributed by atoms with van der Waals surface area (Å²) < 4.78 is 7.11. The number of thiazole rings is 1. The number of nitriles is 1. The highest BCUT2D eigenvalue weighted by atomic mass is 32.2. The van der Waals surface area contributed by atoms with E-state index in [9.17, 15) is 5.26 Å². The van der Waals surface area contributed by atoms with Crippen molar-refractivity contribution in [3.8, 4) is 17.7 Å². The van der Waals surface area contributed by atoms with Crippen LogP contribution >= 0.6 is 23.1 Å². The number of hydrogen-bond donors (Lipinski definition) is 1. The average molecular weight is 517 g/mol. The van der Waals surface area contributed by atoms with E-state index in [4.69, 9.17) is 9.72 Å². The Labute approximate surface area is 219 Å². The van der Waals surface area contributed by atoms with Gasteiger partial charge in [-0.25, -0.2) is 4.98 Å². The van der Waals surface area contributed by atoms with Crippen molar-refractivity contribution in [1.29, 1.82) is 5.26 Å². The molecule has 0 saturated carbocycles. The minimum atomic E-state index is 0.294. The number of benzene rings is 2. The summed E-state index contributed by atoms with van der Waals surface area (Å²) in [5.41, 5.74) is 6.15. The number of likely N-dealkylation sites (tertiary alicyclic amines) is 1. The van der Waals surface area contributed by atoms with Crippen LogP contribution in [-0.2, 0) is 6.54 Å². The first kappa shape index (κ1) is 24.5. The lowest BCUT2D eigenvalue weighted by Gasteiger charge is -2.32. The molecule has 2 aromatic heterocycles. The Morgan fingerprint density at radius 1 is 1.14 bits per heavy atom. The molecule has 3 heterocycles. The van der Waals surface area contributed by atoms with Crippen LogP contribution in [0, 0.1) is 25.2 Å². The molecular formula is C27H28N6OS2. The third kappa shape index (κ3) is 5.46. The molecular weight excluding hydrogens is 488 g/mol. The van der Waals surface area contributed by atoms with E-state index in [1.165, 1.54) is 21.8 Å². The maximum atomic E-state index is 9.25. The van der Waals surface area contributed by atoms with Crippen molar-refractivity contribution in [3.63, 3.8) is 0 Å². The van der Waals surface area contributed by atoms with E-state index in [-0.39, 0.29) is 0 Å². The second-order valence-electron chi connectivity index (χ2n) is 9.05. The van der Waals surface area contributed by atoms with Gasteiger partial charge in [0, 0.05) is 30.6 Å². The Balaban J connectivity index is 1.27. The van der Waals surface area contributed by atoms with E-state index in [1.54, 1.807) is 17.3 Å². The second-order valence-corrected chi connectivity index (χ2v) is 10.8. The van der Waals surface area contributed by atoms with Crippen molar-refractivity contribution in [2.24, 2.45) is 0 Å². The number of anilines is 1. The Kier molecular flexibility index (Phi) is 7.37. The van der Waals surface area contributed by atoms with Gasteiger partial charge < -0.3 is 10.1 Å². The first-order valence-corrected chi connectivity index (χ1v) is 14.0. The molecule has 1 fully saturated rings. The van der Waals surface area contributed by atoms with Crippen LogP contribution in [0.4, 0.5) is 5.95 Å². The zero-order valence-electron chi connectivity index (χ0n) is 20.6. The predicted octanol–water partition coefficient (Wildman–Crippen LogP) is 6.17. The topological polar surface area (TPSA) is 87.0 Å². The molecule has 0 radical (unpaired) electrons. The van der Waals surface area contributed by atoms with Gasteiger partial charge in [0.15, 0.2) is 5.65 Å². The molecule has 4 aromatic rings. The number of nitrogens with one attached hydrogen (secondary N) is 1. The fourth-order valence-corrected chi connectivity index (χ4v) is 5.61. The minimum absolute atomic E-state index is 0.294. The molecule has 0 atom stereocenters. The zero-order valence-corrected chi connectivity index (χ0v) is 22.2. The molecule has 1 saturated heterocycles. The van der Waals surface area contributed by atoms with Gasteiger partial charge in [0.25, 0.3) is 0 Å². The number of rotatable bonds is 7. The van der Waals surface area contributed by atoms with Crippen LogP contribution in [0.3, 0.4) is 0 Å². The normalized spacial score (nSPS) is 14.6. The molecule has 36 heavy (non-hydrogen) atoms. The maximum absolute atomic E-state index is 9.25. The Morgan fingerprint density at radius 2 is 1.86 bits per heavy atom. The second kappa shape index (κ2) is 10.8. The molecule has 9 heteroatoms. The minimum Gasteiger partial charge on any atom is -0.437 e. The van der Waals surface area contributed by atoms with Crippen molar-refractivity contribution < 1.29 is 4.74 Å².